The number of benzene rings is 2. The summed E-state index contributed by atoms with van der Waals surface area (Å²) in [5.41, 5.74) is 0.739. The minimum Gasteiger partial charge on any atom is -0.457 e. The van der Waals surface area contributed by atoms with Crippen LogP contribution in [0.3, 0.4) is 0 Å². The third-order valence-electron chi connectivity index (χ3n) is 6.90. The maximum Gasteiger partial charge on any atom is 0.342 e. The molecule has 0 aliphatic carbocycles. The number of carbonyl (C=O) groups excluding carboxylic acids is 2. The molecular formula is C24H26N8O16. The summed E-state index contributed by atoms with van der Waals surface area (Å²) < 4.78 is 10.3. The Morgan fingerprint density at radius 3 is 1.29 bits per heavy atom. The number of nitrogens with two attached hydrogens (primary N) is 2. The van der Waals surface area contributed by atoms with Crippen LogP contribution in [-0.4, -0.2) is 47.1 Å². The summed E-state index contributed by atoms with van der Waals surface area (Å²) in [6, 6.07) is 1.60. The SMILES string of the molecule is CCCCC(C(=O)OC(C)c1c([N+](=O)[O-])cc([N+](=O)[O-])cc1[N+](=O)[O-])C(N)(N)C(=O)OC(C)c1c([N+](=O)[O-])cc([N+](=O)[O-])cc1[N+](=O)[O-]. The lowest BCUT2D eigenvalue weighted by Gasteiger charge is -2.32. The predicted octanol–water partition coefficient (Wildman–Crippen LogP) is 3.46. The van der Waals surface area contributed by atoms with Crippen molar-refractivity contribution in [2.24, 2.45) is 17.4 Å². The van der Waals surface area contributed by atoms with Gasteiger partial charge in [0.05, 0.1) is 59.7 Å². The Hall–Kier alpha value is -6.30. The van der Waals surface area contributed by atoms with Crippen molar-refractivity contribution < 1.29 is 48.6 Å². The van der Waals surface area contributed by atoms with Crippen LogP contribution < -0.4 is 11.5 Å². The normalized spacial score (nSPS) is 13.0. The first-order valence-electron chi connectivity index (χ1n) is 13.4. The zero-order chi connectivity index (χ0) is 36.8. The molecule has 0 fully saturated rings. The average molecular weight is 683 g/mol. The second-order valence-electron chi connectivity index (χ2n) is 10.1. The number of hydrogen-bond donors (Lipinski definition) is 2. The smallest absolute Gasteiger partial charge is 0.342 e. The molecule has 2 aromatic rings. The van der Waals surface area contributed by atoms with Gasteiger partial charge in [0.2, 0.25) is 0 Å². The molecule has 0 aliphatic heterocycles. The molecule has 258 valence electrons. The standard InChI is InChI=1S/C24H26N8O16/c1-4-5-6-15(22(33)47-11(2)20-16(29(39)40)7-13(27(35)36)8-17(20)30(41)42)24(25,26)23(34)48-12(3)21-18(31(43)44)9-14(28(37)38)10-19(21)32(45)46/h7-12,15H,4-6,25-26H2,1-3H3. The van der Waals surface area contributed by atoms with Gasteiger partial charge in [-0.2, -0.15) is 0 Å². The number of unbranched alkanes of at least 4 members (excludes halogenated alkanes) is 1. The summed E-state index contributed by atoms with van der Waals surface area (Å²) in [4.78, 5) is 88.7. The maximum absolute atomic E-state index is 13.4. The van der Waals surface area contributed by atoms with E-state index in [2.05, 4.69) is 0 Å². The van der Waals surface area contributed by atoms with Gasteiger partial charge in [0.15, 0.2) is 5.66 Å². The average Bonchev–Trinajstić information content (AvgIpc) is 2.99. The van der Waals surface area contributed by atoms with Crippen LogP contribution in [0.15, 0.2) is 24.3 Å². The van der Waals surface area contributed by atoms with Gasteiger partial charge >= 0.3 is 11.9 Å². The van der Waals surface area contributed by atoms with E-state index in [1.165, 1.54) is 0 Å². The largest absolute Gasteiger partial charge is 0.457 e. The van der Waals surface area contributed by atoms with E-state index >= 15 is 0 Å². The van der Waals surface area contributed by atoms with Crippen LogP contribution in [0, 0.1) is 66.6 Å². The molecule has 24 nitrogen and oxygen atoms in total. The van der Waals surface area contributed by atoms with Crippen molar-refractivity contribution in [3.63, 3.8) is 0 Å². The van der Waals surface area contributed by atoms with Crippen molar-refractivity contribution >= 4 is 46.1 Å². The Morgan fingerprint density at radius 1 is 0.667 bits per heavy atom. The van der Waals surface area contributed by atoms with Gasteiger partial charge in [-0.05, 0) is 20.3 Å². The number of esters is 2. The molecule has 0 spiro atoms. The van der Waals surface area contributed by atoms with E-state index in [0.717, 1.165) is 13.8 Å². The second kappa shape index (κ2) is 14.9. The Balaban J connectivity index is 2.55. The lowest BCUT2D eigenvalue weighted by Crippen LogP contribution is -2.64. The van der Waals surface area contributed by atoms with Gasteiger partial charge in [-0.25, -0.2) is 4.79 Å². The third-order valence-corrected chi connectivity index (χ3v) is 6.90. The van der Waals surface area contributed by atoms with Crippen LogP contribution in [0.5, 0.6) is 0 Å². The number of nitro benzene ring substituents is 6. The van der Waals surface area contributed by atoms with Gasteiger partial charge in [-0.3, -0.25) is 65.5 Å². The zero-order valence-electron chi connectivity index (χ0n) is 25.0. The number of rotatable bonds is 16. The van der Waals surface area contributed by atoms with Gasteiger partial charge in [0.1, 0.15) is 23.3 Å². The van der Waals surface area contributed by atoms with Gasteiger partial charge in [0, 0.05) is 0 Å². The van der Waals surface area contributed by atoms with Crippen molar-refractivity contribution in [2.75, 3.05) is 0 Å². The summed E-state index contributed by atoms with van der Waals surface area (Å²) in [6.45, 7) is 3.53. The molecule has 0 amide bonds. The molecule has 0 saturated heterocycles. The molecule has 0 aliphatic rings. The number of carbonyl (C=O) groups is 2. The summed E-state index contributed by atoms with van der Waals surface area (Å²) in [5, 5.41) is 69.1. The highest BCUT2D eigenvalue weighted by atomic mass is 16.7. The highest BCUT2D eigenvalue weighted by Gasteiger charge is 2.48. The summed E-state index contributed by atoms with van der Waals surface area (Å²) in [5.74, 6) is -4.99. The Morgan fingerprint density at radius 2 is 1.00 bits per heavy atom. The van der Waals surface area contributed by atoms with E-state index in [9.17, 15) is 70.3 Å². The van der Waals surface area contributed by atoms with Crippen LogP contribution in [0.25, 0.3) is 0 Å². The fraction of sp³-hybridized carbons (Fsp3) is 0.417. The third kappa shape index (κ3) is 8.10. The summed E-state index contributed by atoms with van der Waals surface area (Å²) >= 11 is 0. The minimum absolute atomic E-state index is 0.129. The molecule has 3 atom stereocenters. The monoisotopic (exact) mass is 682 g/mol. The molecule has 0 heterocycles. The van der Waals surface area contributed by atoms with Crippen LogP contribution in [0.1, 0.15) is 63.4 Å². The van der Waals surface area contributed by atoms with Gasteiger partial charge in [-0.15, -0.1) is 0 Å². The van der Waals surface area contributed by atoms with E-state index in [1.807, 2.05) is 0 Å². The molecule has 3 unspecified atom stereocenters. The molecule has 24 heteroatoms. The number of nitro groups is 6. The van der Waals surface area contributed by atoms with Crippen LogP contribution in [0.4, 0.5) is 34.1 Å². The summed E-state index contributed by atoms with van der Waals surface area (Å²) in [6.07, 6.45) is -3.62. The van der Waals surface area contributed by atoms with Gasteiger partial charge in [-0.1, -0.05) is 19.8 Å². The molecule has 0 radical (unpaired) electrons. The molecule has 2 rings (SSSR count). The second-order valence-corrected chi connectivity index (χ2v) is 10.1. The highest BCUT2D eigenvalue weighted by Crippen LogP contribution is 2.41. The van der Waals surface area contributed by atoms with Crippen molar-refractivity contribution in [1.82, 2.24) is 0 Å². The van der Waals surface area contributed by atoms with Crippen molar-refractivity contribution in [3.05, 3.63) is 96.1 Å². The first kappa shape index (κ1) is 37.9. The Labute approximate surface area is 266 Å². The first-order valence-corrected chi connectivity index (χ1v) is 13.4. The van der Waals surface area contributed by atoms with Gasteiger partial charge < -0.3 is 20.9 Å². The lowest BCUT2D eigenvalue weighted by molar-refractivity contribution is -0.405. The Kier molecular flexibility index (Phi) is 11.7. The molecular weight excluding hydrogens is 656 g/mol. The summed E-state index contributed by atoms with van der Waals surface area (Å²) in [7, 11) is 0. The van der Waals surface area contributed by atoms with E-state index < -0.39 is 111 Å². The van der Waals surface area contributed by atoms with E-state index in [4.69, 9.17) is 20.9 Å². The fourth-order valence-electron chi connectivity index (χ4n) is 4.60. The highest BCUT2D eigenvalue weighted by molar-refractivity contribution is 5.88. The first-order chi connectivity index (χ1) is 22.2. The number of nitrogens with zero attached hydrogens (tertiary/aromatic N) is 6. The molecule has 48 heavy (non-hydrogen) atoms. The van der Waals surface area contributed by atoms with Crippen LogP contribution in [0.2, 0.25) is 0 Å². The molecule has 4 N–H and O–H groups in total. The van der Waals surface area contributed by atoms with Gasteiger partial charge in [0.25, 0.3) is 34.1 Å². The molecule has 0 bridgehead atoms. The van der Waals surface area contributed by atoms with E-state index in [-0.39, 0.29) is 12.8 Å². The van der Waals surface area contributed by atoms with Crippen LogP contribution >= 0.6 is 0 Å². The number of hydrogen-bond acceptors (Lipinski definition) is 18. The maximum atomic E-state index is 13.4. The van der Waals surface area contributed by atoms with E-state index in [1.54, 1.807) is 6.92 Å². The van der Waals surface area contributed by atoms with Crippen molar-refractivity contribution in [2.45, 2.75) is 57.9 Å². The molecule has 0 aromatic heterocycles. The number of non-ortho nitro benzene ring substituents is 2. The van der Waals surface area contributed by atoms with Crippen molar-refractivity contribution in [3.8, 4) is 0 Å². The Bertz CT molecular complexity index is 1640. The fourth-order valence-corrected chi connectivity index (χ4v) is 4.60. The minimum atomic E-state index is -2.88. The quantitative estimate of drug-likeness (QED) is 0.111. The lowest BCUT2D eigenvalue weighted by atomic mass is 9.88. The van der Waals surface area contributed by atoms with Crippen molar-refractivity contribution in [1.29, 1.82) is 0 Å². The molecule has 2 aromatic carbocycles. The van der Waals surface area contributed by atoms with E-state index in [0.29, 0.717) is 30.7 Å². The zero-order valence-corrected chi connectivity index (χ0v) is 25.0. The molecule has 0 saturated carbocycles. The topological polar surface area (TPSA) is 363 Å². The van der Waals surface area contributed by atoms with Crippen LogP contribution in [-0.2, 0) is 19.1 Å². The predicted molar refractivity (Wildman–Crippen MR) is 156 cm³/mol. The number of ether oxygens (including phenoxy) is 2.